The maximum Gasteiger partial charge on any atom is 0.257 e. The van der Waals surface area contributed by atoms with Gasteiger partial charge in [-0.2, -0.15) is 0 Å². The van der Waals surface area contributed by atoms with E-state index >= 15 is 4.39 Å². The zero-order valence-electron chi connectivity index (χ0n) is 23.0. The van der Waals surface area contributed by atoms with Gasteiger partial charge in [0, 0.05) is 61.9 Å². The number of pyridine rings is 1. The summed E-state index contributed by atoms with van der Waals surface area (Å²) in [7, 11) is 1.39. The van der Waals surface area contributed by atoms with Crippen molar-refractivity contribution in [3.05, 3.63) is 67.7 Å². The van der Waals surface area contributed by atoms with E-state index in [9.17, 15) is 14.0 Å². The SMILES string of the molecule is COc1c(N2CCN(CCOCCO)CC2)c(F)cc2c(=O)c(C(=O)NCc3ccc(Cl)cc3Cl)cn(C3CC3F)c12. The van der Waals surface area contributed by atoms with E-state index < -0.39 is 29.4 Å². The van der Waals surface area contributed by atoms with Crippen LogP contribution in [0.15, 0.2) is 35.3 Å². The minimum Gasteiger partial charge on any atom is -0.492 e. The van der Waals surface area contributed by atoms with Crippen LogP contribution in [0, 0.1) is 5.82 Å². The number of alkyl halides is 1. The number of hydrogen-bond acceptors (Lipinski definition) is 7. The number of piperazine rings is 1. The van der Waals surface area contributed by atoms with E-state index in [1.54, 1.807) is 18.2 Å². The zero-order valence-corrected chi connectivity index (χ0v) is 24.6. The van der Waals surface area contributed by atoms with Gasteiger partial charge in [-0.1, -0.05) is 29.3 Å². The summed E-state index contributed by atoms with van der Waals surface area (Å²) in [6.07, 6.45) is 0.364. The summed E-state index contributed by atoms with van der Waals surface area (Å²) < 4.78 is 42.8. The van der Waals surface area contributed by atoms with Crippen molar-refractivity contribution in [3.63, 3.8) is 0 Å². The van der Waals surface area contributed by atoms with Crippen molar-refractivity contribution in [1.29, 1.82) is 0 Å². The second-order valence-electron chi connectivity index (χ2n) is 10.3. The molecule has 5 rings (SSSR count). The summed E-state index contributed by atoms with van der Waals surface area (Å²) in [5.41, 5.74) is 0.115. The van der Waals surface area contributed by atoms with Crippen LogP contribution in [0.5, 0.6) is 5.75 Å². The highest BCUT2D eigenvalue weighted by Gasteiger charge is 2.41. The number of benzene rings is 2. The van der Waals surface area contributed by atoms with Crippen molar-refractivity contribution in [2.24, 2.45) is 0 Å². The molecule has 42 heavy (non-hydrogen) atoms. The summed E-state index contributed by atoms with van der Waals surface area (Å²) in [4.78, 5) is 30.8. The fourth-order valence-corrected chi connectivity index (χ4v) is 5.76. The molecule has 2 aliphatic rings. The minimum absolute atomic E-state index is 0.0254. The number of aliphatic hydroxyl groups is 1. The first-order valence-corrected chi connectivity index (χ1v) is 14.5. The lowest BCUT2D eigenvalue weighted by Crippen LogP contribution is -2.47. The molecule has 1 aliphatic carbocycles. The molecule has 1 aromatic heterocycles. The van der Waals surface area contributed by atoms with Crippen LogP contribution in [0.4, 0.5) is 14.5 Å². The topological polar surface area (TPSA) is 96.3 Å². The molecule has 2 unspecified atom stereocenters. The first-order chi connectivity index (χ1) is 20.2. The van der Waals surface area contributed by atoms with Gasteiger partial charge in [-0.3, -0.25) is 14.5 Å². The number of aliphatic hydroxyl groups excluding tert-OH is 1. The number of aromatic nitrogens is 1. The lowest BCUT2D eigenvalue weighted by atomic mass is 10.1. The van der Waals surface area contributed by atoms with Gasteiger partial charge in [-0.15, -0.1) is 0 Å². The van der Waals surface area contributed by atoms with Gasteiger partial charge in [0.15, 0.2) is 11.6 Å². The second-order valence-corrected chi connectivity index (χ2v) is 11.2. The van der Waals surface area contributed by atoms with Crippen LogP contribution in [0.25, 0.3) is 10.9 Å². The Labute approximate surface area is 251 Å². The Hall–Kier alpha value is -2.96. The monoisotopic (exact) mass is 624 g/mol. The van der Waals surface area contributed by atoms with Gasteiger partial charge in [0.05, 0.1) is 43.9 Å². The smallest absolute Gasteiger partial charge is 0.257 e. The number of rotatable bonds is 11. The van der Waals surface area contributed by atoms with Crippen molar-refractivity contribution in [2.45, 2.75) is 25.2 Å². The Kier molecular flexibility index (Phi) is 9.54. The van der Waals surface area contributed by atoms with E-state index in [0.29, 0.717) is 54.9 Å². The number of carbonyl (C=O) groups is 1. The number of halogens is 4. The Bertz CT molecular complexity index is 1530. The highest BCUT2D eigenvalue weighted by Crippen LogP contribution is 2.45. The first kappa shape index (κ1) is 30.5. The molecule has 2 atom stereocenters. The van der Waals surface area contributed by atoms with E-state index in [1.807, 2.05) is 4.90 Å². The molecule has 13 heteroatoms. The maximum absolute atomic E-state index is 15.8. The molecule has 2 N–H and O–H groups in total. The highest BCUT2D eigenvalue weighted by molar-refractivity contribution is 6.35. The number of carbonyl (C=O) groups excluding carboxylic acids is 1. The average Bonchev–Trinajstić information content (AvgIpc) is 3.71. The number of hydrogen-bond donors (Lipinski definition) is 2. The van der Waals surface area contributed by atoms with Gasteiger partial charge >= 0.3 is 0 Å². The molecule has 1 amide bonds. The summed E-state index contributed by atoms with van der Waals surface area (Å²) in [6, 6.07) is 5.33. The van der Waals surface area contributed by atoms with Crippen molar-refractivity contribution < 1.29 is 28.2 Å². The third kappa shape index (κ3) is 6.35. The lowest BCUT2D eigenvalue weighted by Gasteiger charge is -2.37. The Morgan fingerprint density at radius 1 is 1.17 bits per heavy atom. The molecule has 0 radical (unpaired) electrons. The summed E-state index contributed by atoms with van der Waals surface area (Å²) in [6.45, 7) is 3.70. The molecule has 226 valence electrons. The molecule has 3 aromatic rings. The van der Waals surface area contributed by atoms with Crippen LogP contribution in [0.3, 0.4) is 0 Å². The average molecular weight is 626 g/mol. The molecule has 0 spiro atoms. The van der Waals surface area contributed by atoms with Crippen LogP contribution in [0.1, 0.15) is 28.4 Å². The van der Waals surface area contributed by atoms with Crippen LogP contribution in [-0.4, -0.2) is 86.3 Å². The third-order valence-electron chi connectivity index (χ3n) is 7.62. The minimum atomic E-state index is -1.17. The quantitative estimate of drug-likeness (QED) is 0.313. The molecule has 2 heterocycles. The fourth-order valence-electron chi connectivity index (χ4n) is 5.29. The van der Waals surface area contributed by atoms with Gasteiger partial charge in [0.25, 0.3) is 5.91 Å². The van der Waals surface area contributed by atoms with Crippen LogP contribution >= 0.6 is 23.2 Å². The van der Waals surface area contributed by atoms with Gasteiger partial charge in [-0.25, -0.2) is 8.78 Å². The highest BCUT2D eigenvalue weighted by atomic mass is 35.5. The second kappa shape index (κ2) is 13.1. The largest absolute Gasteiger partial charge is 0.492 e. The number of methoxy groups -OCH3 is 1. The van der Waals surface area contributed by atoms with Gasteiger partial charge in [-0.05, 0) is 23.8 Å². The summed E-state index contributed by atoms with van der Waals surface area (Å²) in [5.74, 6) is -1.23. The molecule has 9 nitrogen and oxygen atoms in total. The zero-order chi connectivity index (χ0) is 30.0. The molecule has 1 saturated carbocycles. The van der Waals surface area contributed by atoms with E-state index in [1.165, 1.54) is 17.9 Å². The number of anilines is 1. The Balaban J connectivity index is 1.46. The van der Waals surface area contributed by atoms with Crippen molar-refractivity contribution in [3.8, 4) is 5.75 Å². The summed E-state index contributed by atoms with van der Waals surface area (Å²) >= 11 is 12.2. The maximum atomic E-state index is 15.8. The van der Waals surface area contributed by atoms with Gasteiger partial charge in [0.2, 0.25) is 5.43 Å². The van der Waals surface area contributed by atoms with Crippen LogP contribution < -0.4 is 20.4 Å². The predicted molar refractivity (Wildman–Crippen MR) is 157 cm³/mol. The molecule has 2 fully saturated rings. The molecule has 1 saturated heterocycles. The molecule has 1 aliphatic heterocycles. The van der Waals surface area contributed by atoms with Gasteiger partial charge in [0.1, 0.15) is 17.4 Å². The van der Waals surface area contributed by atoms with Crippen molar-refractivity contribution in [2.75, 3.05) is 64.6 Å². The standard InChI is InChI=1S/C29H32Cl2F2N4O5/c1-41-28-25-19(13-23(33)26(28)36-6-4-35(5-7-36)8-10-42-11-9-38)27(39)20(16-37(25)24-14-22(24)32)29(40)34-15-17-2-3-18(30)12-21(17)31/h2-3,12-13,16,22,24,38H,4-11,14-15H2,1H3,(H,34,40). The van der Waals surface area contributed by atoms with Gasteiger partial charge < -0.3 is 29.4 Å². The van der Waals surface area contributed by atoms with E-state index in [-0.39, 0.29) is 54.1 Å². The Morgan fingerprint density at radius 2 is 1.90 bits per heavy atom. The predicted octanol–water partition coefficient (Wildman–Crippen LogP) is 3.80. The van der Waals surface area contributed by atoms with E-state index in [4.69, 9.17) is 37.8 Å². The summed E-state index contributed by atoms with van der Waals surface area (Å²) in [5, 5.41) is 12.3. The number of ether oxygens (including phenoxy) is 2. The van der Waals surface area contributed by atoms with Crippen LogP contribution in [-0.2, 0) is 11.3 Å². The number of fused-ring (bicyclic) bond motifs is 1. The molecular weight excluding hydrogens is 593 g/mol. The number of nitrogens with zero attached hydrogens (tertiary/aromatic N) is 3. The van der Waals surface area contributed by atoms with E-state index in [0.717, 1.165) is 6.07 Å². The molecule has 0 bridgehead atoms. The Morgan fingerprint density at radius 3 is 2.55 bits per heavy atom. The fraction of sp³-hybridized carbons (Fsp3) is 0.448. The molecule has 2 aromatic carbocycles. The number of amides is 1. The number of nitrogens with one attached hydrogen (secondary N) is 1. The van der Waals surface area contributed by atoms with E-state index in [2.05, 4.69) is 10.2 Å². The van der Waals surface area contributed by atoms with Crippen LogP contribution in [0.2, 0.25) is 10.0 Å². The van der Waals surface area contributed by atoms with Crippen molar-refractivity contribution >= 4 is 45.7 Å². The molecular formula is C29H32Cl2F2N4O5. The third-order valence-corrected chi connectivity index (χ3v) is 8.20. The normalized spacial score (nSPS) is 18.9. The van der Waals surface area contributed by atoms with Crippen molar-refractivity contribution in [1.82, 2.24) is 14.8 Å². The first-order valence-electron chi connectivity index (χ1n) is 13.7. The lowest BCUT2D eigenvalue weighted by molar-refractivity contribution is 0.0724.